The zero-order valence-electron chi connectivity index (χ0n) is 18.5. The minimum Gasteiger partial charge on any atom is -0.324 e. The van der Waals surface area contributed by atoms with E-state index in [4.69, 9.17) is 0 Å². The maximum Gasteiger partial charge on any atom is 0.352 e. The van der Waals surface area contributed by atoms with Crippen LogP contribution in [0.25, 0.3) is 16.0 Å². The summed E-state index contributed by atoms with van der Waals surface area (Å²) < 4.78 is 4.57. The van der Waals surface area contributed by atoms with Gasteiger partial charge in [0, 0.05) is 12.2 Å². The number of nitrogens with zero attached hydrogens (tertiary/aromatic N) is 4. The van der Waals surface area contributed by atoms with Gasteiger partial charge in [-0.25, -0.2) is 13.9 Å². The predicted molar refractivity (Wildman–Crippen MR) is 128 cm³/mol. The van der Waals surface area contributed by atoms with Gasteiger partial charge in [0.05, 0.1) is 5.52 Å². The van der Waals surface area contributed by atoms with Crippen molar-refractivity contribution in [1.29, 1.82) is 0 Å². The van der Waals surface area contributed by atoms with Crippen molar-refractivity contribution in [3.05, 3.63) is 62.1 Å². The Morgan fingerprint density at radius 2 is 1.91 bits per heavy atom. The molecule has 0 aliphatic carbocycles. The molecule has 32 heavy (non-hydrogen) atoms. The highest BCUT2D eigenvalue weighted by Gasteiger charge is 2.20. The Balaban J connectivity index is 1.63. The number of anilines is 1. The summed E-state index contributed by atoms with van der Waals surface area (Å²) in [5, 5.41) is 8.96. The number of aryl methyl sites for hydroxylation is 1. The summed E-state index contributed by atoms with van der Waals surface area (Å²) in [6.45, 7) is 6.35. The molecule has 0 saturated carbocycles. The van der Waals surface area contributed by atoms with Gasteiger partial charge < -0.3 is 5.32 Å². The number of nitrogens with one attached hydrogen (secondary N) is 1. The van der Waals surface area contributed by atoms with Crippen molar-refractivity contribution in [3.63, 3.8) is 0 Å². The molecule has 0 fully saturated rings. The van der Waals surface area contributed by atoms with E-state index in [1.54, 1.807) is 11.4 Å². The average Bonchev–Trinajstić information content (AvgIpc) is 3.36. The lowest BCUT2D eigenvalue weighted by atomic mass is 10.1. The number of thiophene rings is 1. The maximum atomic E-state index is 13.1. The molecule has 9 heteroatoms. The standard InChI is InChI=1S/C23H27N5O3S/c1-4-5-6-16-7-9-17(10-8-16)24-19(29)14-27-23(31)28-18-11-12-32-20(18)21(30)26(13-15(2)3)22(28)25-27/h7-12,15H,4-6,13-14H2,1-3H3,(H,24,29). The number of unbranched alkanes of at least 4 members (excludes halogenated alkanes) is 1. The molecule has 3 heterocycles. The van der Waals surface area contributed by atoms with Crippen molar-refractivity contribution < 1.29 is 4.79 Å². The van der Waals surface area contributed by atoms with Crippen LogP contribution in [0.5, 0.6) is 0 Å². The third-order valence-corrected chi connectivity index (χ3v) is 6.18. The van der Waals surface area contributed by atoms with E-state index in [1.807, 2.05) is 38.1 Å². The first-order chi connectivity index (χ1) is 15.4. The fourth-order valence-electron chi connectivity index (χ4n) is 3.74. The van der Waals surface area contributed by atoms with Crippen molar-refractivity contribution >= 4 is 38.9 Å². The van der Waals surface area contributed by atoms with Crippen molar-refractivity contribution in [2.45, 2.75) is 53.1 Å². The van der Waals surface area contributed by atoms with Crippen LogP contribution in [-0.2, 0) is 24.3 Å². The number of amides is 1. The molecule has 0 aliphatic rings. The van der Waals surface area contributed by atoms with Gasteiger partial charge in [-0.3, -0.25) is 14.2 Å². The summed E-state index contributed by atoms with van der Waals surface area (Å²) in [6.07, 6.45) is 3.27. The molecule has 0 saturated heterocycles. The second-order valence-corrected chi connectivity index (χ2v) is 9.28. The zero-order valence-corrected chi connectivity index (χ0v) is 19.3. The monoisotopic (exact) mass is 453 g/mol. The maximum absolute atomic E-state index is 13.1. The highest BCUT2D eigenvalue weighted by atomic mass is 32.1. The van der Waals surface area contributed by atoms with Crippen LogP contribution in [-0.4, -0.2) is 24.7 Å². The van der Waals surface area contributed by atoms with E-state index in [1.165, 1.54) is 25.9 Å². The third kappa shape index (κ3) is 4.25. The highest BCUT2D eigenvalue weighted by Crippen LogP contribution is 2.18. The van der Waals surface area contributed by atoms with Gasteiger partial charge in [-0.1, -0.05) is 39.3 Å². The molecule has 1 aromatic carbocycles. The smallest absolute Gasteiger partial charge is 0.324 e. The molecule has 3 aromatic heterocycles. The van der Waals surface area contributed by atoms with Gasteiger partial charge in [-0.05, 0) is 47.9 Å². The fraction of sp³-hybridized carbons (Fsp3) is 0.391. The molecule has 1 amide bonds. The molecule has 0 radical (unpaired) electrons. The molecule has 4 rings (SSSR count). The van der Waals surface area contributed by atoms with E-state index >= 15 is 0 Å². The Morgan fingerprint density at radius 3 is 2.59 bits per heavy atom. The van der Waals surface area contributed by atoms with Gasteiger partial charge in [0.15, 0.2) is 0 Å². The van der Waals surface area contributed by atoms with E-state index in [0.717, 1.165) is 23.9 Å². The van der Waals surface area contributed by atoms with Crippen LogP contribution in [0.3, 0.4) is 0 Å². The lowest BCUT2D eigenvalue weighted by Crippen LogP contribution is -2.29. The fourth-order valence-corrected chi connectivity index (χ4v) is 4.56. The summed E-state index contributed by atoms with van der Waals surface area (Å²) in [4.78, 5) is 38.7. The average molecular weight is 454 g/mol. The number of carbonyl (C=O) groups is 1. The summed E-state index contributed by atoms with van der Waals surface area (Å²) in [5.41, 5.74) is 1.81. The van der Waals surface area contributed by atoms with Crippen LogP contribution in [0, 0.1) is 5.92 Å². The van der Waals surface area contributed by atoms with Gasteiger partial charge in [-0.2, -0.15) is 0 Å². The molecular formula is C23H27N5O3S. The molecule has 0 bridgehead atoms. The topological polar surface area (TPSA) is 90.4 Å². The summed E-state index contributed by atoms with van der Waals surface area (Å²) in [6, 6.07) is 9.47. The SMILES string of the molecule is CCCCc1ccc(NC(=O)Cn2nc3n(CC(C)C)c(=O)c4sccc4n3c2=O)cc1. The van der Waals surface area contributed by atoms with E-state index in [-0.39, 0.29) is 29.7 Å². The minimum atomic E-state index is -0.439. The number of aromatic nitrogens is 4. The van der Waals surface area contributed by atoms with Crippen LogP contribution < -0.4 is 16.6 Å². The van der Waals surface area contributed by atoms with E-state index in [0.29, 0.717) is 22.4 Å². The largest absolute Gasteiger partial charge is 0.352 e. The molecule has 0 spiro atoms. The molecular weight excluding hydrogens is 426 g/mol. The van der Waals surface area contributed by atoms with Gasteiger partial charge in [0.25, 0.3) is 5.56 Å². The van der Waals surface area contributed by atoms with Gasteiger partial charge in [0.2, 0.25) is 11.7 Å². The Labute approximate surface area is 189 Å². The third-order valence-electron chi connectivity index (χ3n) is 5.29. The quantitative estimate of drug-likeness (QED) is 0.442. The molecule has 8 nitrogen and oxygen atoms in total. The minimum absolute atomic E-state index is 0.166. The molecule has 0 unspecified atom stereocenters. The Hall–Kier alpha value is -3.20. The second-order valence-electron chi connectivity index (χ2n) is 8.37. The summed E-state index contributed by atoms with van der Waals surface area (Å²) in [5.74, 6) is 0.0987. The molecule has 1 N–H and O–H groups in total. The molecule has 0 aliphatic heterocycles. The number of hydrogen-bond donors (Lipinski definition) is 1. The number of hydrogen-bond acceptors (Lipinski definition) is 5. The Kier molecular flexibility index (Phi) is 6.27. The van der Waals surface area contributed by atoms with Gasteiger partial charge in [0.1, 0.15) is 11.2 Å². The molecule has 0 atom stereocenters. The van der Waals surface area contributed by atoms with Crippen LogP contribution in [0.1, 0.15) is 39.2 Å². The molecule has 168 valence electrons. The van der Waals surface area contributed by atoms with Crippen molar-refractivity contribution in [3.8, 4) is 0 Å². The number of rotatable bonds is 8. The van der Waals surface area contributed by atoms with Crippen LogP contribution >= 0.6 is 11.3 Å². The first-order valence-electron chi connectivity index (χ1n) is 10.9. The van der Waals surface area contributed by atoms with Crippen LogP contribution in [0.4, 0.5) is 5.69 Å². The van der Waals surface area contributed by atoms with Crippen molar-refractivity contribution in [1.82, 2.24) is 18.7 Å². The predicted octanol–water partition coefficient (Wildman–Crippen LogP) is 3.51. The van der Waals surface area contributed by atoms with E-state index in [9.17, 15) is 14.4 Å². The highest BCUT2D eigenvalue weighted by molar-refractivity contribution is 7.17. The lowest BCUT2D eigenvalue weighted by Gasteiger charge is -2.09. The number of carbonyl (C=O) groups excluding carboxylic acids is 1. The number of benzene rings is 1. The van der Waals surface area contributed by atoms with Crippen LogP contribution in [0.15, 0.2) is 45.3 Å². The van der Waals surface area contributed by atoms with E-state index in [2.05, 4.69) is 17.3 Å². The van der Waals surface area contributed by atoms with Gasteiger partial charge >= 0.3 is 5.69 Å². The second kappa shape index (κ2) is 9.12. The van der Waals surface area contributed by atoms with Crippen LogP contribution in [0.2, 0.25) is 0 Å². The Bertz CT molecular complexity index is 1380. The van der Waals surface area contributed by atoms with Gasteiger partial charge in [-0.15, -0.1) is 16.4 Å². The first kappa shape index (κ1) is 22.0. The van der Waals surface area contributed by atoms with Crippen molar-refractivity contribution in [2.24, 2.45) is 5.92 Å². The van der Waals surface area contributed by atoms with Crippen molar-refractivity contribution in [2.75, 3.05) is 5.32 Å². The lowest BCUT2D eigenvalue weighted by molar-refractivity contribution is -0.117. The molecule has 4 aromatic rings. The summed E-state index contributed by atoms with van der Waals surface area (Å²) >= 11 is 1.30. The van der Waals surface area contributed by atoms with E-state index < -0.39 is 5.69 Å². The first-order valence-corrected chi connectivity index (χ1v) is 11.8. The zero-order chi connectivity index (χ0) is 22.8. The summed E-state index contributed by atoms with van der Waals surface area (Å²) in [7, 11) is 0. The Morgan fingerprint density at radius 1 is 1.16 bits per heavy atom. The normalized spacial score (nSPS) is 11.6. The number of fused-ring (bicyclic) bond motifs is 3.